The van der Waals surface area contributed by atoms with Crippen LogP contribution in [0.4, 0.5) is 11.4 Å². The average Bonchev–Trinajstić information content (AvgIpc) is 2.61. The number of aromatic carboxylic acids is 1. The number of amides is 2. The number of rotatable bonds is 8. The summed E-state index contributed by atoms with van der Waals surface area (Å²) in [4.78, 5) is 35.4. The van der Waals surface area contributed by atoms with E-state index in [4.69, 9.17) is 5.11 Å². The van der Waals surface area contributed by atoms with E-state index >= 15 is 0 Å². The first-order chi connectivity index (χ1) is 12.5. The highest BCUT2D eigenvalue weighted by molar-refractivity contribution is 8.00. The van der Waals surface area contributed by atoms with Gasteiger partial charge in [0.2, 0.25) is 11.8 Å². The highest BCUT2D eigenvalue weighted by atomic mass is 32.2. The van der Waals surface area contributed by atoms with E-state index in [2.05, 4.69) is 10.6 Å². The van der Waals surface area contributed by atoms with E-state index in [9.17, 15) is 14.4 Å². The topological polar surface area (TPSA) is 95.5 Å². The Hall–Kier alpha value is -2.80. The summed E-state index contributed by atoms with van der Waals surface area (Å²) in [5, 5.41) is 14.4. The quantitative estimate of drug-likeness (QED) is 0.612. The van der Waals surface area contributed by atoms with E-state index in [1.807, 2.05) is 19.1 Å². The van der Waals surface area contributed by atoms with Crippen molar-refractivity contribution in [2.45, 2.75) is 24.7 Å². The first kappa shape index (κ1) is 19.5. The smallest absolute Gasteiger partial charge is 0.335 e. The molecule has 2 rings (SSSR count). The number of anilines is 2. The maximum Gasteiger partial charge on any atom is 0.335 e. The van der Waals surface area contributed by atoms with Crippen LogP contribution in [0.5, 0.6) is 0 Å². The zero-order valence-electron chi connectivity index (χ0n) is 14.3. The first-order valence-electron chi connectivity index (χ1n) is 8.14. The molecule has 0 radical (unpaired) electrons. The molecular weight excluding hydrogens is 352 g/mol. The van der Waals surface area contributed by atoms with Crippen molar-refractivity contribution in [2.24, 2.45) is 0 Å². The lowest BCUT2D eigenvalue weighted by molar-refractivity contribution is -0.116. The molecule has 7 heteroatoms. The Bertz CT molecular complexity index is 790. The summed E-state index contributed by atoms with van der Waals surface area (Å²) in [6, 6.07) is 13.4. The number of hydrogen-bond donors (Lipinski definition) is 3. The number of benzene rings is 2. The minimum absolute atomic E-state index is 0.0177. The number of nitrogens with one attached hydrogen (secondary N) is 2. The molecule has 0 unspecified atom stereocenters. The molecule has 3 N–H and O–H groups in total. The van der Waals surface area contributed by atoms with Crippen molar-refractivity contribution in [1.82, 2.24) is 0 Å². The summed E-state index contributed by atoms with van der Waals surface area (Å²) in [5.74, 6) is -1.09. The van der Waals surface area contributed by atoms with Gasteiger partial charge in [-0.05, 0) is 48.9 Å². The Labute approximate surface area is 156 Å². The zero-order chi connectivity index (χ0) is 18.9. The lowest BCUT2D eigenvalue weighted by Crippen LogP contribution is -2.14. The van der Waals surface area contributed by atoms with Crippen molar-refractivity contribution < 1.29 is 19.5 Å². The molecule has 26 heavy (non-hydrogen) atoms. The number of carbonyl (C=O) groups excluding carboxylic acids is 2. The van der Waals surface area contributed by atoms with Gasteiger partial charge >= 0.3 is 5.97 Å². The fourth-order valence-corrected chi connectivity index (χ4v) is 2.86. The zero-order valence-corrected chi connectivity index (χ0v) is 15.1. The average molecular weight is 372 g/mol. The van der Waals surface area contributed by atoms with Crippen LogP contribution in [0.3, 0.4) is 0 Å². The van der Waals surface area contributed by atoms with Crippen LogP contribution < -0.4 is 10.6 Å². The van der Waals surface area contributed by atoms with Crippen LogP contribution in [0, 0.1) is 0 Å². The van der Waals surface area contributed by atoms with Gasteiger partial charge in [0.1, 0.15) is 0 Å². The number of carboxylic acids is 1. The Kier molecular flexibility index (Phi) is 7.23. The molecule has 6 nitrogen and oxygen atoms in total. The Morgan fingerprint density at radius 3 is 2.31 bits per heavy atom. The molecule has 0 bridgehead atoms. The van der Waals surface area contributed by atoms with Gasteiger partial charge in [0.05, 0.1) is 11.3 Å². The molecule has 0 aliphatic heterocycles. The van der Waals surface area contributed by atoms with Crippen molar-refractivity contribution in [3.8, 4) is 0 Å². The predicted molar refractivity (Wildman–Crippen MR) is 103 cm³/mol. The van der Waals surface area contributed by atoms with Gasteiger partial charge in [0.25, 0.3) is 0 Å². The summed E-state index contributed by atoms with van der Waals surface area (Å²) in [6.45, 7) is 1.95. The van der Waals surface area contributed by atoms with Gasteiger partial charge in [0, 0.05) is 22.7 Å². The second-order valence-electron chi connectivity index (χ2n) is 5.55. The molecule has 2 amide bonds. The Balaban J connectivity index is 1.84. The monoisotopic (exact) mass is 372 g/mol. The van der Waals surface area contributed by atoms with Crippen LogP contribution in [0.25, 0.3) is 0 Å². The summed E-state index contributed by atoms with van der Waals surface area (Å²) in [5.41, 5.74) is 1.29. The van der Waals surface area contributed by atoms with E-state index in [0.29, 0.717) is 12.1 Å². The van der Waals surface area contributed by atoms with Crippen molar-refractivity contribution in [1.29, 1.82) is 0 Å². The third kappa shape index (κ3) is 6.25. The standard InChI is InChI=1S/C19H20N2O4S/c1-2-4-17(22)20-14-7-9-16(10-8-14)26-12-18(23)21-15-6-3-5-13(11-15)19(24)25/h3,5-11H,2,4,12H2,1H3,(H,20,22)(H,21,23)(H,24,25). The molecule has 0 aliphatic carbocycles. The van der Waals surface area contributed by atoms with Gasteiger partial charge < -0.3 is 15.7 Å². The SMILES string of the molecule is CCCC(=O)Nc1ccc(SCC(=O)Nc2cccc(C(=O)O)c2)cc1. The maximum absolute atomic E-state index is 12.0. The Morgan fingerprint density at radius 2 is 1.65 bits per heavy atom. The number of hydrogen-bond acceptors (Lipinski definition) is 4. The van der Waals surface area contributed by atoms with Crippen LogP contribution in [0.1, 0.15) is 30.1 Å². The summed E-state index contributed by atoms with van der Waals surface area (Å²) >= 11 is 1.36. The van der Waals surface area contributed by atoms with E-state index in [0.717, 1.165) is 17.0 Å². The molecule has 0 spiro atoms. The number of carboxylic acid groups (broad SMARTS) is 1. The molecule has 0 heterocycles. The van der Waals surface area contributed by atoms with Crippen LogP contribution in [-0.2, 0) is 9.59 Å². The number of carbonyl (C=O) groups is 3. The lowest BCUT2D eigenvalue weighted by Gasteiger charge is -2.07. The number of thioether (sulfide) groups is 1. The van der Waals surface area contributed by atoms with Gasteiger partial charge in [-0.15, -0.1) is 11.8 Å². The molecule has 0 saturated carbocycles. The van der Waals surface area contributed by atoms with Crippen LogP contribution >= 0.6 is 11.8 Å². The summed E-state index contributed by atoms with van der Waals surface area (Å²) in [7, 11) is 0. The lowest BCUT2D eigenvalue weighted by atomic mass is 10.2. The van der Waals surface area contributed by atoms with E-state index in [-0.39, 0.29) is 23.1 Å². The third-order valence-corrected chi connectivity index (χ3v) is 4.39. The van der Waals surface area contributed by atoms with Gasteiger partial charge in [0.15, 0.2) is 0 Å². The minimum Gasteiger partial charge on any atom is -0.478 e. The van der Waals surface area contributed by atoms with Gasteiger partial charge in [-0.3, -0.25) is 9.59 Å². The molecule has 136 valence electrons. The van der Waals surface area contributed by atoms with E-state index < -0.39 is 5.97 Å². The normalized spacial score (nSPS) is 10.2. The third-order valence-electron chi connectivity index (χ3n) is 3.38. The fraction of sp³-hybridized carbons (Fsp3) is 0.211. The second-order valence-corrected chi connectivity index (χ2v) is 6.59. The van der Waals surface area contributed by atoms with Gasteiger partial charge in [-0.1, -0.05) is 13.0 Å². The maximum atomic E-state index is 12.0. The summed E-state index contributed by atoms with van der Waals surface area (Å²) < 4.78 is 0. The van der Waals surface area contributed by atoms with Crippen LogP contribution in [0.15, 0.2) is 53.4 Å². The predicted octanol–water partition coefficient (Wildman–Crippen LogP) is 3.85. The fourth-order valence-electron chi connectivity index (χ4n) is 2.16. The molecule has 0 fully saturated rings. The van der Waals surface area contributed by atoms with E-state index in [1.54, 1.807) is 24.3 Å². The van der Waals surface area contributed by atoms with Crippen LogP contribution in [0.2, 0.25) is 0 Å². The van der Waals surface area contributed by atoms with Crippen molar-refractivity contribution in [3.63, 3.8) is 0 Å². The highest BCUT2D eigenvalue weighted by Crippen LogP contribution is 2.21. The molecule has 0 aromatic heterocycles. The van der Waals surface area contributed by atoms with E-state index in [1.165, 1.54) is 23.9 Å². The summed E-state index contributed by atoms with van der Waals surface area (Å²) in [6.07, 6.45) is 1.28. The molecule has 2 aromatic rings. The van der Waals surface area contributed by atoms with Crippen molar-refractivity contribution in [3.05, 3.63) is 54.1 Å². The molecule has 0 aliphatic rings. The Morgan fingerprint density at radius 1 is 0.962 bits per heavy atom. The van der Waals surface area contributed by atoms with Crippen molar-refractivity contribution in [2.75, 3.05) is 16.4 Å². The molecular formula is C19H20N2O4S. The minimum atomic E-state index is -1.04. The molecule has 0 saturated heterocycles. The highest BCUT2D eigenvalue weighted by Gasteiger charge is 2.07. The molecule has 0 atom stereocenters. The van der Waals surface area contributed by atoms with Gasteiger partial charge in [-0.2, -0.15) is 0 Å². The van der Waals surface area contributed by atoms with Crippen molar-refractivity contribution >= 4 is 40.9 Å². The van der Waals surface area contributed by atoms with Gasteiger partial charge in [-0.25, -0.2) is 4.79 Å². The second kappa shape index (κ2) is 9.62. The van der Waals surface area contributed by atoms with Crippen LogP contribution in [-0.4, -0.2) is 28.6 Å². The molecule has 2 aromatic carbocycles. The first-order valence-corrected chi connectivity index (χ1v) is 9.12. The largest absolute Gasteiger partial charge is 0.478 e.